The molecule has 5 nitrogen and oxygen atoms in total. The zero-order valence-electron chi connectivity index (χ0n) is 10.7. The van der Waals surface area contributed by atoms with E-state index in [9.17, 15) is 10.2 Å². The molecule has 106 valence electrons. The van der Waals surface area contributed by atoms with Crippen molar-refractivity contribution in [2.75, 3.05) is 6.61 Å². The van der Waals surface area contributed by atoms with Crippen molar-refractivity contribution < 1.29 is 25.2 Å². The van der Waals surface area contributed by atoms with Crippen LogP contribution < -0.4 is 0 Å². The average molecular weight is 276 g/mol. The number of carboxylic acid groups (broad SMARTS) is 2. The van der Waals surface area contributed by atoms with Crippen molar-refractivity contribution in [1.82, 2.24) is 0 Å². The molecule has 0 atom stereocenters. The Morgan fingerprint density at radius 2 is 1.15 bits per heavy atom. The Labute approximate surface area is 116 Å². The van der Waals surface area contributed by atoms with Crippen LogP contribution in [0.25, 0.3) is 0 Å². The summed E-state index contributed by atoms with van der Waals surface area (Å²) in [6.07, 6.45) is -1.83. The van der Waals surface area contributed by atoms with Crippen LogP contribution in [0.15, 0.2) is 60.7 Å². The summed E-state index contributed by atoms with van der Waals surface area (Å²) in [4.78, 5) is 8.56. The first-order valence-electron chi connectivity index (χ1n) is 5.87. The van der Waals surface area contributed by atoms with Crippen molar-refractivity contribution in [2.24, 2.45) is 0 Å². The van der Waals surface area contributed by atoms with Crippen LogP contribution in [0.4, 0.5) is 4.79 Å². The smallest absolute Gasteiger partial charge is 0.450 e. The van der Waals surface area contributed by atoms with Gasteiger partial charge in [-0.3, -0.25) is 0 Å². The first-order valence-corrected chi connectivity index (χ1v) is 5.87. The van der Waals surface area contributed by atoms with E-state index in [1.54, 1.807) is 0 Å². The number of aliphatic hydroxyl groups excluding tert-OH is 1. The summed E-state index contributed by atoms with van der Waals surface area (Å²) in [5, 5.41) is 33.9. The normalized spacial score (nSPS) is 10.3. The highest BCUT2D eigenvalue weighted by molar-refractivity contribution is 5.53. The summed E-state index contributed by atoms with van der Waals surface area (Å²) in [7, 11) is 0. The van der Waals surface area contributed by atoms with E-state index in [4.69, 9.17) is 15.0 Å². The molecule has 0 aliphatic carbocycles. The van der Waals surface area contributed by atoms with Gasteiger partial charge in [-0.25, -0.2) is 4.79 Å². The van der Waals surface area contributed by atoms with Gasteiger partial charge in [0, 0.05) is 0 Å². The second-order valence-corrected chi connectivity index (χ2v) is 4.03. The van der Waals surface area contributed by atoms with E-state index < -0.39 is 11.8 Å². The molecule has 0 radical (unpaired) electrons. The van der Waals surface area contributed by atoms with Gasteiger partial charge < -0.3 is 20.4 Å². The van der Waals surface area contributed by atoms with Crippen molar-refractivity contribution in [3.8, 4) is 0 Å². The predicted molar refractivity (Wildman–Crippen MR) is 73.6 cm³/mol. The summed E-state index contributed by atoms with van der Waals surface area (Å²) >= 11 is 0. The third kappa shape index (κ3) is 4.08. The number of aliphatic hydroxyl groups is 2. The van der Waals surface area contributed by atoms with Crippen LogP contribution in [-0.4, -0.2) is 33.2 Å². The molecule has 0 aromatic heterocycles. The SMILES string of the molecule is O=C(O)O.OCC(O)(c1ccccc1)c1ccccc1. The standard InChI is InChI=1S/C14H14O2.CH2O3/c15-11-14(16,12-7-3-1-4-8-12)13-9-5-2-6-10-13;2-1(3)4/h1-10,15-16H,11H2;(H2,2,3,4). The monoisotopic (exact) mass is 276 g/mol. The Balaban J connectivity index is 0.000000444. The molecule has 2 aromatic rings. The molecule has 0 amide bonds. The highest BCUT2D eigenvalue weighted by atomic mass is 16.6. The predicted octanol–water partition coefficient (Wildman–Crippen LogP) is 2.14. The first kappa shape index (κ1) is 15.7. The molecule has 4 N–H and O–H groups in total. The fourth-order valence-electron chi connectivity index (χ4n) is 1.78. The van der Waals surface area contributed by atoms with Crippen LogP contribution in [-0.2, 0) is 5.60 Å². The maximum Gasteiger partial charge on any atom is 0.503 e. The quantitative estimate of drug-likeness (QED) is 0.688. The number of carbonyl (C=O) groups is 1. The second kappa shape index (κ2) is 7.28. The van der Waals surface area contributed by atoms with Gasteiger partial charge in [0.25, 0.3) is 0 Å². The zero-order chi connectivity index (χ0) is 15.0. The molecule has 0 heterocycles. The largest absolute Gasteiger partial charge is 0.503 e. The van der Waals surface area contributed by atoms with Crippen molar-refractivity contribution in [3.05, 3.63) is 71.8 Å². The average Bonchev–Trinajstić information content (AvgIpc) is 2.48. The van der Waals surface area contributed by atoms with Crippen LogP contribution in [0.2, 0.25) is 0 Å². The minimum absolute atomic E-state index is 0.332. The van der Waals surface area contributed by atoms with Gasteiger partial charge in [0.15, 0.2) is 0 Å². The van der Waals surface area contributed by atoms with Crippen LogP contribution >= 0.6 is 0 Å². The molecule has 0 fully saturated rings. The Bertz CT molecular complexity index is 481. The lowest BCUT2D eigenvalue weighted by Gasteiger charge is -2.26. The molecule has 2 rings (SSSR count). The van der Waals surface area contributed by atoms with E-state index in [2.05, 4.69) is 0 Å². The van der Waals surface area contributed by atoms with Crippen molar-refractivity contribution in [2.45, 2.75) is 5.60 Å². The molecule has 0 saturated heterocycles. The fraction of sp³-hybridized carbons (Fsp3) is 0.133. The molecule has 0 unspecified atom stereocenters. The molecular formula is C15H16O5. The van der Waals surface area contributed by atoms with Gasteiger partial charge >= 0.3 is 6.16 Å². The maximum atomic E-state index is 10.5. The molecule has 0 aliphatic rings. The lowest BCUT2D eigenvalue weighted by molar-refractivity contribution is 0.0173. The van der Waals surface area contributed by atoms with Gasteiger partial charge in [0.1, 0.15) is 5.60 Å². The molecule has 0 spiro atoms. The molecular weight excluding hydrogens is 260 g/mol. The number of benzene rings is 2. The minimum Gasteiger partial charge on any atom is -0.450 e. The number of hydrogen-bond donors (Lipinski definition) is 4. The maximum absolute atomic E-state index is 10.5. The van der Waals surface area contributed by atoms with Crippen LogP contribution in [0.5, 0.6) is 0 Å². The summed E-state index contributed by atoms with van der Waals surface area (Å²) < 4.78 is 0. The number of rotatable bonds is 3. The van der Waals surface area contributed by atoms with E-state index in [1.165, 1.54) is 0 Å². The molecule has 0 saturated carbocycles. The highest BCUT2D eigenvalue weighted by Crippen LogP contribution is 2.28. The summed E-state index contributed by atoms with van der Waals surface area (Å²) in [6, 6.07) is 18.4. The Morgan fingerprint density at radius 3 is 1.40 bits per heavy atom. The third-order valence-electron chi connectivity index (χ3n) is 2.73. The molecule has 0 bridgehead atoms. The van der Waals surface area contributed by atoms with Gasteiger partial charge in [-0.05, 0) is 11.1 Å². The van der Waals surface area contributed by atoms with Crippen LogP contribution in [0.1, 0.15) is 11.1 Å². The van der Waals surface area contributed by atoms with E-state index in [-0.39, 0.29) is 6.61 Å². The summed E-state index contributed by atoms with van der Waals surface area (Å²) in [5.41, 5.74) is 0.0788. The molecule has 2 aromatic carbocycles. The van der Waals surface area contributed by atoms with E-state index in [0.717, 1.165) is 0 Å². The van der Waals surface area contributed by atoms with Crippen LogP contribution in [0, 0.1) is 0 Å². The molecule has 20 heavy (non-hydrogen) atoms. The second-order valence-electron chi connectivity index (χ2n) is 4.03. The lowest BCUT2D eigenvalue weighted by Crippen LogP contribution is -2.31. The fourth-order valence-corrected chi connectivity index (χ4v) is 1.78. The van der Waals surface area contributed by atoms with E-state index >= 15 is 0 Å². The van der Waals surface area contributed by atoms with Gasteiger partial charge in [-0.2, -0.15) is 0 Å². The van der Waals surface area contributed by atoms with Crippen LogP contribution in [0.3, 0.4) is 0 Å². The highest BCUT2D eigenvalue weighted by Gasteiger charge is 2.30. The van der Waals surface area contributed by atoms with Crippen molar-refractivity contribution >= 4 is 6.16 Å². The Morgan fingerprint density at radius 1 is 0.850 bits per heavy atom. The topological polar surface area (TPSA) is 98.0 Å². The summed E-state index contributed by atoms with van der Waals surface area (Å²) in [5.74, 6) is 0. The first-order chi connectivity index (χ1) is 9.50. The van der Waals surface area contributed by atoms with Crippen molar-refractivity contribution in [3.63, 3.8) is 0 Å². The lowest BCUT2D eigenvalue weighted by atomic mass is 9.87. The summed E-state index contributed by atoms with van der Waals surface area (Å²) in [6.45, 7) is -0.332. The third-order valence-corrected chi connectivity index (χ3v) is 2.73. The molecule has 0 aliphatic heterocycles. The number of hydrogen-bond acceptors (Lipinski definition) is 3. The Kier molecular flexibility index (Phi) is 5.71. The van der Waals surface area contributed by atoms with Gasteiger partial charge in [0.05, 0.1) is 6.61 Å². The zero-order valence-corrected chi connectivity index (χ0v) is 10.7. The van der Waals surface area contributed by atoms with E-state index in [1.807, 2.05) is 60.7 Å². The van der Waals surface area contributed by atoms with E-state index in [0.29, 0.717) is 11.1 Å². The Hall–Kier alpha value is -2.37. The van der Waals surface area contributed by atoms with Gasteiger partial charge in [0.2, 0.25) is 0 Å². The van der Waals surface area contributed by atoms with Gasteiger partial charge in [-0.15, -0.1) is 0 Å². The van der Waals surface area contributed by atoms with Gasteiger partial charge in [-0.1, -0.05) is 60.7 Å². The minimum atomic E-state index is -1.83. The molecule has 5 heteroatoms. The van der Waals surface area contributed by atoms with Crippen molar-refractivity contribution in [1.29, 1.82) is 0 Å².